The van der Waals surface area contributed by atoms with Crippen molar-refractivity contribution in [2.75, 3.05) is 6.26 Å². The van der Waals surface area contributed by atoms with Crippen molar-refractivity contribution in [2.24, 2.45) is 0 Å². The van der Waals surface area contributed by atoms with Crippen LogP contribution in [0.5, 0.6) is 0 Å². The highest BCUT2D eigenvalue weighted by atomic mass is 32.2. The summed E-state index contributed by atoms with van der Waals surface area (Å²) in [4.78, 5) is 0. The topological polar surface area (TPSA) is 12.0 Å². The molecule has 0 saturated heterocycles. The summed E-state index contributed by atoms with van der Waals surface area (Å²) < 4.78 is 0. The summed E-state index contributed by atoms with van der Waals surface area (Å²) in [6.45, 7) is 6.68. The van der Waals surface area contributed by atoms with Gasteiger partial charge in [0.2, 0.25) is 0 Å². The van der Waals surface area contributed by atoms with Crippen LogP contribution in [-0.4, -0.2) is 17.5 Å². The zero-order chi connectivity index (χ0) is 13.8. The Morgan fingerprint density at radius 3 is 2.16 bits per heavy atom. The lowest BCUT2D eigenvalue weighted by Gasteiger charge is -2.30. The summed E-state index contributed by atoms with van der Waals surface area (Å²) in [6.07, 6.45) is 7.66. The smallest absolute Gasteiger partial charge is 0.0294 e. The summed E-state index contributed by atoms with van der Waals surface area (Å²) in [5, 5.41) is 4.72. The Hall–Kier alpha value is -0.470. The fourth-order valence-corrected chi connectivity index (χ4v) is 3.92. The van der Waals surface area contributed by atoms with Gasteiger partial charge in [-0.25, -0.2) is 0 Å². The minimum atomic E-state index is 0.467. The van der Waals surface area contributed by atoms with Gasteiger partial charge in [-0.05, 0) is 58.3 Å². The molecule has 1 fully saturated rings. The maximum Gasteiger partial charge on any atom is 0.0294 e. The van der Waals surface area contributed by atoms with Gasteiger partial charge in [-0.1, -0.05) is 29.3 Å². The van der Waals surface area contributed by atoms with Gasteiger partial charge in [-0.3, -0.25) is 0 Å². The van der Waals surface area contributed by atoms with E-state index >= 15 is 0 Å². The maximum absolute atomic E-state index is 3.82. The Balaban J connectivity index is 1.92. The van der Waals surface area contributed by atoms with Gasteiger partial charge in [0.1, 0.15) is 0 Å². The van der Waals surface area contributed by atoms with Gasteiger partial charge < -0.3 is 5.32 Å². The Bertz CT molecular complexity index is 387. The average Bonchev–Trinajstić information content (AvgIpc) is 2.38. The van der Waals surface area contributed by atoms with Crippen molar-refractivity contribution in [3.63, 3.8) is 0 Å². The van der Waals surface area contributed by atoms with Crippen LogP contribution in [-0.2, 0) is 0 Å². The Morgan fingerprint density at radius 2 is 1.63 bits per heavy atom. The molecule has 106 valence electrons. The molecule has 0 radical (unpaired) electrons. The van der Waals surface area contributed by atoms with Gasteiger partial charge in [0, 0.05) is 17.3 Å². The molecule has 1 saturated carbocycles. The molecule has 1 aromatic rings. The monoisotopic (exact) mass is 277 g/mol. The Morgan fingerprint density at radius 1 is 1.05 bits per heavy atom. The zero-order valence-corrected chi connectivity index (χ0v) is 13.5. The van der Waals surface area contributed by atoms with Crippen molar-refractivity contribution in [3.8, 4) is 0 Å². The first kappa shape index (κ1) is 14.9. The summed E-state index contributed by atoms with van der Waals surface area (Å²) >= 11 is 2.04. The van der Waals surface area contributed by atoms with Gasteiger partial charge in [0.05, 0.1) is 0 Å². The number of thioether (sulfide) groups is 1. The second kappa shape index (κ2) is 6.81. The van der Waals surface area contributed by atoms with E-state index in [9.17, 15) is 0 Å². The van der Waals surface area contributed by atoms with E-state index in [1.807, 2.05) is 11.8 Å². The van der Waals surface area contributed by atoms with Crippen molar-refractivity contribution < 1.29 is 0 Å². The molecule has 0 heterocycles. The van der Waals surface area contributed by atoms with Crippen LogP contribution in [0.15, 0.2) is 18.2 Å². The normalized spacial score (nSPS) is 25.3. The number of nitrogens with one attached hydrogen (secondary N) is 1. The van der Waals surface area contributed by atoms with Crippen molar-refractivity contribution in [2.45, 2.75) is 63.8 Å². The molecule has 2 heteroatoms. The lowest BCUT2D eigenvalue weighted by Crippen LogP contribution is -2.35. The van der Waals surface area contributed by atoms with Crippen LogP contribution in [0.4, 0.5) is 0 Å². The predicted octanol–water partition coefficient (Wildman–Crippen LogP) is 4.63. The summed E-state index contributed by atoms with van der Waals surface area (Å²) in [5.41, 5.74) is 4.17. The number of rotatable bonds is 4. The largest absolute Gasteiger partial charge is 0.307 e. The minimum absolute atomic E-state index is 0.467. The SMILES string of the molecule is CSC1CCC(NC(C)c2cc(C)cc(C)c2)CC1. The first-order valence-corrected chi connectivity index (χ1v) is 8.74. The van der Waals surface area contributed by atoms with E-state index in [1.54, 1.807) is 0 Å². The van der Waals surface area contributed by atoms with Gasteiger partial charge in [0.15, 0.2) is 0 Å². The second-order valence-electron chi connectivity index (χ2n) is 6.02. The number of hydrogen-bond acceptors (Lipinski definition) is 2. The van der Waals surface area contributed by atoms with Crippen LogP contribution in [0.1, 0.15) is 55.3 Å². The van der Waals surface area contributed by atoms with Gasteiger partial charge in [0.25, 0.3) is 0 Å². The van der Waals surface area contributed by atoms with E-state index < -0.39 is 0 Å². The number of benzene rings is 1. The highest BCUT2D eigenvalue weighted by Crippen LogP contribution is 2.28. The van der Waals surface area contributed by atoms with E-state index in [-0.39, 0.29) is 0 Å². The number of hydrogen-bond donors (Lipinski definition) is 1. The zero-order valence-electron chi connectivity index (χ0n) is 12.7. The highest BCUT2D eigenvalue weighted by molar-refractivity contribution is 7.99. The molecule has 2 rings (SSSR count). The maximum atomic E-state index is 3.82. The molecule has 1 N–H and O–H groups in total. The van der Waals surface area contributed by atoms with Gasteiger partial charge in [-0.15, -0.1) is 0 Å². The molecule has 1 nitrogen and oxygen atoms in total. The molecule has 1 aliphatic carbocycles. The summed E-state index contributed by atoms with van der Waals surface area (Å²) in [5.74, 6) is 0. The second-order valence-corrected chi connectivity index (χ2v) is 7.16. The van der Waals surface area contributed by atoms with Crippen LogP contribution >= 0.6 is 11.8 Å². The molecule has 0 aliphatic heterocycles. The molecule has 0 bridgehead atoms. The molecule has 0 aromatic heterocycles. The third kappa shape index (κ3) is 4.25. The lowest BCUT2D eigenvalue weighted by molar-refractivity contribution is 0.352. The van der Waals surface area contributed by atoms with Gasteiger partial charge >= 0.3 is 0 Å². The first-order chi connectivity index (χ1) is 9.08. The number of aryl methyl sites for hydroxylation is 2. The minimum Gasteiger partial charge on any atom is -0.307 e. The molecule has 0 spiro atoms. The molecule has 1 aromatic carbocycles. The summed E-state index contributed by atoms with van der Waals surface area (Å²) in [7, 11) is 0. The molecule has 1 unspecified atom stereocenters. The standard InChI is InChI=1S/C17H27NS/c1-12-9-13(2)11-15(10-12)14(3)18-16-5-7-17(19-4)8-6-16/h9-11,14,16-18H,5-8H2,1-4H3. The van der Waals surface area contributed by atoms with Crippen LogP contribution in [0.2, 0.25) is 0 Å². The molecule has 1 atom stereocenters. The molecule has 1 aliphatic rings. The predicted molar refractivity (Wildman–Crippen MR) is 87.0 cm³/mol. The lowest BCUT2D eigenvalue weighted by atomic mass is 9.93. The van der Waals surface area contributed by atoms with E-state index in [1.165, 1.54) is 42.4 Å². The quantitative estimate of drug-likeness (QED) is 0.861. The molecular formula is C17H27NS. The van der Waals surface area contributed by atoms with Crippen molar-refractivity contribution >= 4 is 11.8 Å². The fourth-order valence-electron chi connectivity index (χ4n) is 3.17. The van der Waals surface area contributed by atoms with Crippen LogP contribution < -0.4 is 5.32 Å². The van der Waals surface area contributed by atoms with Crippen molar-refractivity contribution in [1.29, 1.82) is 0 Å². The van der Waals surface area contributed by atoms with Gasteiger partial charge in [-0.2, -0.15) is 11.8 Å². The van der Waals surface area contributed by atoms with E-state index in [0.29, 0.717) is 12.1 Å². The third-order valence-corrected chi connectivity index (χ3v) is 5.38. The molecule has 19 heavy (non-hydrogen) atoms. The highest BCUT2D eigenvalue weighted by Gasteiger charge is 2.21. The van der Waals surface area contributed by atoms with E-state index in [2.05, 4.69) is 50.5 Å². The Kier molecular flexibility index (Phi) is 5.35. The van der Waals surface area contributed by atoms with Crippen molar-refractivity contribution in [1.82, 2.24) is 5.32 Å². The van der Waals surface area contributed by atoms with Crippen molar-refractivity contribution in [3.05, 3.63) is 34.9 Å². The fraction of sp³-hybridized carbons (Fsp3) is 0.647. The third-order valence-electron chi connectivity index (χ3n) is 4.24. The van der Waals surface area contributed by atoms with E-state index in [4.69, 9.17) is 0 Å². The van der Waals surface area contributed by atoms with Crippen LogP contribution in [0.3, 0.4) is 0 Å². The van der Waals surface area contributed by atoms with E-state index in [0.717, 1.165) is 5.25 Å². The summed E-state index contributed by atoms with van der Waals surface area (Å²) in [6, 6.07) is 8.06. The average molecular weight is 277 g/mol. The first-order valence-electron chi connectivity index (χ1n) is 7.45. The van der Waals surface area contributed by atoms with Crippen LogP contribution in [0, 0.1) is 13.8 Å². The molecular weight excluding hydrogens is 250 g/mol. The van der Waals surface area contributed by atoms with Crippen LogP contribution in [0.25, 0.3) is 0 Å². The Labute approximate surface area is 122 Å². The molecule has 0 amide bonds.